The van der Waals surface area contributed by atoms with Gasteiger partial charge in [0.2, 0.25) is 0 Å². The van der Waals surface area contributed by atoms with Crippen molar-refractivity contribution in [1.82, 2.24) is 0 Å². The van der Waals surface area contributed by atoms with Crippen molar-refractivity contribution in [2.45, 2.75) is 0 Å². The maximum Gasteiger partial charge on any atom is 2.00 e. The van der Waals surface area contributed by atoms with Crippen molar-refractivity contribution in [2.75, 3.05) is 38.8 Å². The molecule has 0 aromatic heterocycles. The van der Waals surface area contributed by atoms with Crippen molar-refractivity contribution in [3.63, 3.8) is 0 Å². The van der Waals surface area contributed by atoms with E-state index in [0.29, 0.717) is 13.2 Å². The van der Waals surface area contributed by atoms with E-state index >= 15 is 0 Å². The van der Waals surface area contributed by atoms with Gasteiger partial charge >= 0.3 is 16.5 Å². The molecule has 4 rings (SSSR count). The van der Waals surface area contributed by atoms with Crippen LogP contribution in [0, 0.1) is 21.3 Å². The zero-order valence-electron chi connectivity index (χ0n) is 22.6. The molecule has 0 aliphatic heterocycles. The van der Waals surface area contributed by atoms with Crippen LogP contribution < -0.4 is 21.2 Å². The summed E-state index contributed by atoms with van der Waals surface area (Å²) in [6.45, 7) is 2.84. The minimum absolute atomic E-state index is 0. The van der Waals surface area contributed by atoms with Crippen LogP contribution in [-0.4, -0.2) is 38.8 Å². The van der Waals surface area contributed by atoms with Gasteiger partial charge in [0.25, 0.3) is 0 Å². The molecule has 0 saturated carbocycles. The van der Waals surface area contributed by atoms with Gasteiger partial charge in [-0.1, -0.05) is 83.6 Å². The Balaban J connectivity index is 0.00000111. The molecule has 0 spiro atoms. The number of ether oxygens (including phenoxy) is 2. The van der Waals surface area contributed by atoms with Crippen molar-refractivity contribution in [3.05, 3.63) is 121 Å². The molecule has 0 radical (unpaired) electrons. The summed E-state index contributed by atoms with van der Waals surface area (Å²) in [4.78, 5) is 0. The molecule has 0 aliphatic carbocycles. The van der Waals surface area contributed by atoms with Gasteiger partial charge in [-0.05, 0) is 48.5 Å². The third-order valence-electron chi connectivity index (χ3n) is 5.85. The van der Waals surface area contributed by atoms with Gasteiger partial charge in [0.15, 0.2) is 0 Å². The molecule has 0 N–H and O–H groups in total. The molecule has 0 amide bonds. The second-order valence-corrected chi connectivity index (χ2v) is 13.9. The van der Waals surface area contributed by atoms with Crippen molar-refractivity contribution in [3.8, 4) is 10.8 Å². The van der Waals surface area contributed by atoms with Gasteiger partial charge in [-0.3, -0.25) is 0 Å². The fraction of sp³-hybridized carbons (Fsp3) is 0.188. The number of thiocyanates is 2. The third kappa shape index (κ3) is 14.9. The molecule has 41 heavy (non-hydrogen) atoms. The second-order valence-electron chi connectivity index (χ2n) is 8.33. The van der Waals surface area contributed by atoms with Crippen molar-refractivity contribution in [2.24, 2.45) is 0 Å². The Bertz CT molecular complexity index is 1080. The summed E-state index contributed by atoms with van der Waals surface area (Å²) in [6.07, 6.45) is 2.13. The topological polar surface area (TPSA) is 66.0 Å². The predicted octanol–water partition coefficient (Wildman–Crippen LogP) is 4.78. The first-order chi connectivity index (χ1) is 19.7. The van der Waals surface area contributed by atoms with E-state index in [1.807, 2.05) is 0 Å². The Labute approximate surface area is 268 Å². The van der Waals surface area contributed by atoms with E-state index in [4.69, 9.17) is 20.0 Å². The first-order valence-electron chi connectivity index (χ1n) is 12.9. The molecule has 4 aromatic rings. The standard InChI is InChI=1S/C30H32O2P2.2CHNS.Ni/c1-5-13-27(14-6-1)33(28-15-7-2-8-16-28)25-23-31-21-22-32-24-26-34(29-17-9-3-10-18-29)30-19-11-4-12-20-30;2*2-1-3;/h1-20H,21-26H2;2*3H;/q;;;+2. The van der Waals surface area contributed by atoms with E-state index in [2.05, 4.69) is 147 Å². The van der Waals surface area contributed by atoms with E-state index in [9.17, 15) is 0 Å². The molecular formula is C32H34N2NiO2P2S2+2. The maximum atomic E-state index is 7.13. The molecular weight excluding hydrogens is 629 g/mol. The molecule has 0 bridgehead atoms. The first kappa shape index (κ1) is 36.6. The van der Waals surface area contributed by atoms with E-state index in [-0.39, 0.29) is 16.5 Å². The van der Waals surface area contributed by atoms with E-state index in [1.165, 1.54) is 32.0 Å². The molecule has 0 atom stereocenters. The smallest absolute Gasteiger partial charge is 0.696 e. The van der Waals surface area contributed by atoms with Crippen molar-refractivity contribution in [1.29, 1.82) is 10.5 Å². The SMILES string of the molecule is N#C[S-].N#C[S-].[Ni+2].c1ccc([PH+](CCOCCOCC[PH+](c2ccccc2)c2ccccc2)c2ccccc2)cc1. The van der Waals surface area contributed by atoms with Gasteiger partial charge < -0.3 is 34.7 Å². The predicted molar refractivity (Wildman–Crippen MR) is 178 cm³/mol. The third-order valence-corrected chi connectivity index (χ3v) is 11.4. The fourth-order valence-corrected chi connectivity index (χ4v) is 9.04. The minimum atomic E-state index is -0.830. The van der Waals surface area contributed by atoms with Crippen LogP contribution in [-0.2, 0) is 51.2 Å². The van der Waals surface area contributed by atoms with Crippen LogP contribution in [0.2, 0.25) is 0 Å². The first-order valence-corrected chi connectivity index (χ1v) is 17.1. The van der Waals surface area contributed by atoms with Crippen LogP contribution in [0.3, 0.4) is 0 Å². The summed E-state index contributed by atoms with van der Waals surface area (Å²) in [5.74, 6) is 0. The fourth-order valence-electron chi connectivity index (χ4n) is 4.14. The number of rotatable bonds is 13. The van der Waals surface area contributed by atoms with Gasteiger partial charge in [-0.2, -0.15) is 0 Å². The van der Waals surface area contributed by atoms with E-state index in [1.54, 1.807) is 0 Å². The Hall–Kier alpha value is -2.43. The van der Waals surface area contributed by atoms with Crippen LogP contribution in [0.4, 0.5) is 0 Å². The number of benzene rings is 4. The van der Waals surface area contributed by atoms with Gasteiger partial charge in [-0.25, -0.2) is 10.5 Å². The van der Waals surface area contributed by atoms with Gasteiger partial charge in [0, 0.05) is 0 Å². The minimum Gasteiger partial charge on any atom is -0.696 e. The quantitative estimate of drug-likeness (QED) is 0.0676. The monoisotopic (exact) mass is 662 g/mol. The maximum absolute atomic E-state index is 7.13. The summed E-state index contributed by atoms with van der Waals surface area (Å²) in [5, 5.41) is 22.7. The molecule has 0 unspecified atom stereocenters. The molecule has 0 fully saturated rings. The van der Waals surface area contributed by atoms with Crippen LogP contribution in [0.1, 0.15) is 0 Å². The number of nitrogens with zero attached hydrogens (tertiary/aromatic N) is 2. The zero-order chi connectivity index (χ0) is 28.7. The van der Waals surface area contributed by atoms with Crippen molar-refractivity contribution < 1.29 is 26.0 Å². The summed E-state index contributed by atoms with van der Waals surface area (Å²) >= 11 is 7.40. The van der Waals surface area contributed by atoms with E-state index in [0.717, 1.165) is 25.5 Å². The summed E-state index contributed by atoms with van der Waals surface area (Å²) in [7, 11) is -1.66. The van der Waals surface area contributed by atoms with Crippen LogP contribution in [0.5, 0.6) is 0 Å². The van der Waals surface area contributed by atoms with Crippen molar-refractivity contribution >= 4 is 62.3 Å². The summed E-state index contributed by atoms with van der Waals surface area (Å²) < 4.78 is 12.0. The molecule has 0 saturated heterocycles. The van der Waals surface area contributed by atoms with Crippen LogP contribution >= 0.6 is 15.8 Å². The molecule has 9 heteroatoms. The van der Waals surface area contributed by atoms with Gasteiger partial charge in [0.05, 0.1) is 75.8 Å². The molecule has 0 heterocycles. The molecule has 214 valence electrons. The zero-order valence-corrected chi connectivity index (χ0v) is 27.3. The number of hydrogen-bond donors (Lipinski definition) is 0. The summed E-state index contributed by atoms with van der Waals surface area (Å²) in [5.41, 5.74) is 0. The molecule has 4 nitrogen and oxygen atoms in total. The van der Waals surface area contributed by atoms with E-state index < -0.39 is 15.8 Å². The number of nitriles is 2. The average Bonchev–Trinajstić information content (AvgIpc) is 3.01. The Morgan fingerprint density at radius 3 is 0.902 bits per heavy atom. The van der Waals surface area contributed by atoms with Gasteiger partial charge in [-0.15, -0.1) is 0 Å². The van der Waals surface area contributed by atoms with Crippen LogP contribution in [0.25, 0.3) is 0 Å². The molecule has 0 aliphatic rings. The second kappa shape index (κ2) is 24.2. The van der Waals surface area contributed by atoms with Crippen LogP contribution in [0.15, 0.2) is 121 Å². The van der Waals surface area contributed by atoms with Gasteiger partial charge in [0.1, 0.15) is 0 Å². The summed E-state index contributed by atoms with van der Waals surface area (Å²) in [6, 6.07) is 43.5. The largest absolute Gasteiger partial charge is 2.00 e. The normalized spacial score (nSPS) is 9.66. The molecule has 4 aromatic carbocycles. The Kier molecular flexibility index (Phi) is 21.6. The number of hydrogen-bond acceptors (Lipinski definition) is 6. The Morgan fingerprint density at radius 1 is 0.463 bits per heavy atom. The average molecular weight is 663 g/mol. The Morgan fingerprint density at radius 2 is 0.683 bits per heavy atom.